The third-order valence-corrected chi connectivity index (χ3v) is 7.76. The normalized spacial score (nSPS) is 27.2. The highest BCUT2D eigenvalue weighted by Gasteiger charge is 2.49. The number of carbonyl (C=O) groups is 2. The summed E-state index contributed by atoms with van der Waals surface area (Å²) in [4.78, 5) is 27.8. The smallest absolute Gasteiger partial charge is 0.306 e. The van der Waals surface area contributed by atoms with Gasteiger partial charge in [-0.2, -0.15) is 0 Å². The number of aliphatic carboxylic acids is 1. The van der Waals surface area contributed by atoms with Crippen LogP contribution in [0.15, 0.2) is 48.5 Å². The Morgan fingerprint density at radius 2 is 1.72 bits per heavy atom. The molecule has 5 nitrogen and oxygen atoms in total. The van der Waals surface area contributed by atoms with Crippen LogP contribution in [0.4, 0.5) is 0 Å². The Morgan fingerprint density at radius 1 is 1.03 bits per heavy atom. The zero-order valence-electron chi connectivity index (χ0n) is 21.1. The summed E-state index contributed by atoms with van der Waals surface area (Å²) in [5, 5.41) is 10.8. The quantitative estimate of drug-likeness (QED) is 0.419. The molecule has 1 N–H and O–H groups in total. The van der Waals surface area contributed by atoms with Crippen molar-refractivity contribution in [2.45, 2.75) is 83.6 Å². The number of carboxylic acid groups (broad SMARTS) is 1. The van der Waals surface area contributed by atoms with Gasteiger partial charge in [-0.15, -0.1) is 0 Å². The molecule has 1 aliphatic carbocycles. The minimum absolute atomic E-state index is 0.00645. The van der Waals surface area contributed by atoms with Gasteiger partial charge < -0.3 is 14.7 Å². The fourth-order valence-electron chi connectivity index (χ4n) is 5.94. The molecule has 2 fully saturated rings. The number of hydrogen-bond donors (Lipinski definition) is 1. The summed E-state index contributed by atoms with van der Waals surface area (Å²) in [6, 6.07) is 14.5. The highest BCUT2D eigenvalue weighted by molar-refractivity contribution is 6.30. The molecule has 2 aromatic rings. The SMILES string of the molecule is CC(C)(C)C[C@H]1CCCC[C@@H]1N1C(=O)[C@@H](CC(=O)O)OC(c2cccc(Cl)c2)C1c1ccc(Cl)cc1. The van der Waals surface area contributed by atoms with Crippen LogP contribution in [0.1, 0.15) is 82.6 Å². The standard InChI is InChI=1S/C29H35Cl2NO4/c1-29(2,3)17-20-7-4-5-10-23(20)32-26(18-11-13-21(30)14-12-18)27(19-8-6-9-22(31)15-19)36-24(28(32)35)16-25(33)34/h6,8-9,11-15,20,23-24,26-27H,4-5,7,10,16-17H2,1-3H3,(H,33,34)/t20-,23+,24-,26?,27?/m1/s1. The molecular formula is C29H35Cl2NO4. The molecule has 7 heteroatoms. The van der Waals surface area contributed by atoms with Gasteiger partial charge in [0.1, 0.15) is 12.2 Å². The van der Waals surface area contributed by atoms with Gasteiger partial charge >= 0.3 is 5.97 Å². The number of amides is 1. The molecule has 2 aliphatic rings. The number of carbonyl (C=O) groups excluding carboxylic acids is 1. The van der Waals surface area contributed by atoms with Crippen molar-refractivity contribution < 1.29 is 19.4 Å². The molecule has 0 radical (unpaired) electrons. The predicted octanol–water partition coefficient (Wildman–Crippen LogP) is 7.47. The molecule has 1 saturated carbocycles. The highest BCUT2D eigenvalue weighted by Crippen LogP contribution is 2.48. The molecule has 2 aromatic carbocycles. The van der Waals surface area contributed by atoms with E-state index in [0.717, 1.165) is 43.2 Å². The van der Waals surface area contributed by atoms with Crippen molar-refractivity contribution in [3.8, 4) is 0 Å². The predicted molar refractivity (Wildman–Crippen MR) is 142 cm³/mol. The molecule has 4 rings (SSSR count). The molecule has 5 atom stereocenters. The van der Waals surface area contributed by atoms with Gasteiger partial charge in [-0.05, 0) is 66.0 Å². The zero-order valence-corrected chi connectivity index (χ0v) is 22.6. The van der Waals surface area contributed by atoms with Crippen molar-refractivity contribution in [3.63, 3.8) is 0 Å². The number of halogens is 2. The fourth-order valence-corrected chi connectivity index (χ4v) is 6.27. The van der Waals surface area contributed by atoms with Crippen LogP contribution in [-0.2, 0) is 14.3 Å². The molecule has 2 unspecified atom stereocenters. The molecule has 1 saturated heterocycles. The number of morpholine rings is 1. The summed E-state index contributed by atoms with van der Waals surface area (Å²) >= 11 is 12.6. The van der Waals surface area contributed by atoms with E-state index in [1.165, 1.54) is 0 Å². The van der Waals surface area contributed by atoms with Gasteiger partial charge in [0.2, 0.25) is 0 Å². The average Bonchev–Trinajstić information content (AvgIpc) is 2.80. The van der Waals surface area contributed by atoms with Crippen LogP contribution in [0.5, 0.6) is 0 Å². The van der Waals surface area contributed by atoms with Crippen LogP contribution in [0.2, 0.25) is 10.0 Å². The molecule has 0 spiro atoms. The first kappa shape index (κ1) is 27.0. The molecule has 1 amide bonds. The van der Waals surface area contributed by atoms with Crippen LogP contribution in [0.3, 0.4) is 0 Å². The Hall–Kier alpha value is -2.08. The van der Waals surface area contributed by atoms with Crippen LogP contribution in [0, 0.1) is 11.3 Å². The maximum absolute atomic E-state index is 14.1. The van der Waals surface area contributed by atoms with Gasteiger partial charge in [-0.1, -0.05) is 81.1 Å². The molecule has 36 heavy (non-hydrogen) atoms. The first-order valence-corrected chi connectivity index (χ1v) is 13.5. The summed E-state index contributed by atoms with van der Waals surface area (Å²) in [5.41, 5.74) is 1.84. The van der Waals surface area contributed by atoms with Crippen LogP contribution in [0.25, 0.3) is 0 Å². The Bertz CT molecular complexity index is 1080. The molecule has 1 aliphatic heterocycles. The van der Waals surface area contributed by atoms with E-state index in [9.17, 15) is 14.7 Å². The van der Waals surface area contributed by atoms with Gasteiger partial charge in [-0.3, -0.25) is 9.59 Å². The molecule has 0 aromatic heterocycles. The third kappa shape index (κ3) is 6.24. The third-order valence-electron chi connectivity index (χ3n) is 7.28. The van der Waals surface area contributed by atoms with Crippen molar-refractivity contribution in [2.24, 2.45) is 11.3 Å². The summed E-state index contributed by atoms with van der Waals surface area (Å²) in [5.74, 6) is -0.986. The van der Waals surface area contributed by atoms with E-state index in [-0.39, 0.29) is 23.8 Å². The minimum Gasteiger partial charge on any atom is -0.481 e. The molecular weight excluding hydrogens is 497 g/mol. The van der Waals surface area contributed by atoms with Gasteiger partial charge in [0.05, 0.1) is 12.5 Å². The Morgan fingerprint density at radius 3 is 2.36 bits per heavy atom. The summed E-state index contributed by atoms with van der Waals surface area (Å²) < 4.78 is 6.34. The Balaban J connectivity index is 1.86. The van der Waals surface area contributed by atoms with E-state index < -0.39 is 24.2 Å². The van der Waals surface area contributed by atoms with Gasteiger partial charge in [0.25, 0.3) is 5.91 Å². The lowest BCUT2D eigenvalue weighted by molar-refractivity contribution is -0.187. The van der Waals surface area contributed by atoms with Crippen LogP contribution < -0.4 is 0 Å². The summed E-state index contributed by atoms with van der Waals surface area (Å²) in [6.07, 6.45) is 3.09. The first-order chi connectivity index (χ1) is 17.0. The second kappa shape index (κ2) is 11.1. The van der Waals surface area contributed by atoms with E-state index in [4.69, 9.17) is 27.9 Å². The summed E-state index contributed by atoms with van der Waals surface area (Å²) in [7, 11) is 0. The van der Waals surface area contributed by atoms with Gasteiger partial charge in [-0.25, -0.2) is 0 Å². The first-order valence-electron chi connectivity index (χ1n) is 12.7. The Labute approximate surface area is 223 Å². The molecule has 1 heterocycles. The number of ether oxygens (including phenoxy) is 1. The average molecular weight is 533 g/mol. The van der Waals surface area contributed by atoms with Crippen molar-refractivity contribution in [1.29, 1.82) is 0 Å². The monoisotopic (exact) mass is 531 g/mol. The number of benzene rings is 2. The highest BCUT2D eigenvalue weighted by atomic mass is 35.5. The van der Waals surface area contributed by atoms with Crippen molar-refractivity contribution >= 4 is 35.1 Å². The van der Waals surface area contributed by atoms with Gasteiger partial charge in [0.15, 0.2) is 0 Å². The van der Waals surface area contributed by atoms with Crippen molar-refractivity contribution in [1.82, 2.24) is 4.90 Å². The van der Waals surface area contributed by atoms with E-state index in [1.54, 1.807) is 6.07 Å². The lowest BCUT2D eigenvalue weighted by atomic mass is 9.73. The van der Waals surface area contributed by atoms with Crippen molar-refractivity contribution in [3.05, 3.63) is 69.7 Å². The number of rotatable bonds is 6. The maximum atomic E-state index is 14.1. The van der Waals surface area contributed by atoms with E-state index >= 15 is 0 Å². The number of carboxylic acids is 1. The largest absolute Gasteiger partial charge is 0.481 e. The second-order valence-electron chi connectivity index (χ2n) is 11.3. The van der Waals surface area contributed by atoms with Gasteiger partial charge in [0, 0.05) is 16.1 Å². The zero-order chi connectivity index (χ0) is 26.0. The lowest BCUT2D eigenvalue weighted by Gasteiger charge is -2.51. The molecule has 0 bridgehead atoms. The second-order valence-corrected chi connectivity index (χ2v) is 12.2. The maximum Gasteiger partial charge on any atom is 0.306 e. The minimum atomic E-state index is -1.06. The van der Waals surface area contributed by atoms with E-state index in [1.807, 2.05) is 47.4 Å². The Kier molecular flexibility index (Phi) is 8.33. The lowest BCUT2D eigenvalue weighted by Crippen LogP contribution is -2.57. The van der Waals surface area contributed by atoms with Crippen molar-refractivity contribution in [2.75, 3.05) is 0 Å². The topological polar surface area (TPSA) is 66.8 Å². The van der Waals surface area contributed by atoms with Crippen LogP contribution in [-0.4, -0.2) is 34.0 Å². The number of hydrogen-bond acceptors (Lipinski definition) is 3. The molecule has 194 valence electrons. The number of nitrogens with zero attached hydrogens (tertiary/aromatic N) is 1. The summed E-state index contributed by atoms with van der Waals surface area (Å²) in [6.45, 7) is 6.70. The van der Waals surface area contributed by atoms with E-state index in [2.05, 4.69) is 20.8 Å². The fraction of sp³-hybridized carbons (Fsp3) is 0.517. The van der Waals surface area contributed by atoms with E-state index in [0.29, 0.717) is 16.0 Å². The van der Waals surface area contributed by atoms with Crippen LogP contribution >= 0.6 is 23.2 Å².